The van der Waals surface area contributed by atoms with Gasteiger partial charge in [0.05, 0.1) is 12.1 Å². The highest BCUT2D eigenvalue weighted by atomic mass is 16.4. The van der Waals surface area contributed by atoms with Crippen molar-refractivity contribution >= 4 is 5.97 Å². The molecule has 0 saturated heterocycles. The van der Waals surface area contributed by atoms with Gasteiger partial charge in [-0.05, 0) is 12.8 Å². The molecule has 1 unspecified atom stereocenters. The number of aryl methyl sites for hydroxylation is 2. The highest BCUT2D eigenvalue weighted by Gasteiger charge is 2.18. The number of hydrogen-bond donors (Lipinski definition) is 2. The predicted octanol–water partition coefficient (Wildman–Crippen LogP) is 0.727. The molecule has 0 spiro atoms. The molecule has 2 heterocycles. The smallest absolute Gasteiger partial charge is 0.306 e. The third-order valence-corrected chi connectivity index (χ3v) is 2.64. The van der Waals surface area contributed by atoms with Gasteiger partial charge in [-0.1, -0.05) is 0 Å². The van der Waals surface area contributed by atoms with Crippen LogP contribution in [0.15, 0.2) is 6.20 Å². The fourth-order valence-electron chi connectivity index (χ4n) is 1.87. The molecule has 1 aromatic rings. The van der Waals surface area contributed by atoms with Crippen LogP contribution in [0.4, 0.5) is 0 Å². The second-order valence-corrected chi connectivity index (χ2v) is 3.85. The van der Waals surface area contributed by atoms with Crippen molar-refractivity contribution in [1.29, 1.82) is 0 Å². The third kappa shape index (κ3) is 2.18. The van der Waals surface area contributed by atoms with Gasteiger partial charge in [-0.3, -0.25) is 4.79 Å². The summed E-state index contributed by atoms with van der Waals surface area (Å²) in [6.45, 7) is 0.919. The monoisotopic (exact) mass is 210 g/mol. The average Bonchev–Trinajstić information content (AvgIpc) is 2.59. The number of carboxylic acid groups (broad SMARTS) is 1. The Kier molecular flexibility index (Phi) is 2.73. The molecule has 82 valence electrons. The molecule has 0 saturated carbocycles. The van der Waals surface area contributed by atoms with Crippen molar-refractivity contribution in [1.82, 2.24) is 9.55 Å². The van der Waals surface area contributed by atoms with E-state index in [0.29, 0.717) is 5.69 Å². The minimum Gasteiger partial charge on any atom is -0.481 e. The van der Waals surface area contributed by atoms with Gasteiger partial charge in [-0.15, -0.1) is 0 Å². The first kappa shape index (κ1) is 10.2. The minimum absolute atomic E-state index is 0.281. The topological polar surface area (TPSA) is 75.3 Å². The van der Waals surface area contributed by atoms with E-state index in [2.05, 4.69) is 4.98 Å². The summed E-state index contributed by atoms with van der Waals surface area (Å²) in [4.78, 5) is 14.7. The lowest BCUT2D eigenvalue weighted by Crippen LogP contribution is -2.08. The van der Waals surface area contributed by atoms with Crippen molar-refractivity contribution in [2.24, 2.45) is 0 Å². The van der Waals surface area contributed by atoms with Crippen LogP contribution in [-0.4, -0.2) is 25.7 Å². The van der Waals surface area contributed by atoms with Crippen molar-refractivity contribution in [3.8, 4) is 0 Å². The zero-order valence-corrected chi connectivity index (χ0v) is 8.39. The van der Waals surface area contributed by atoms with Crippen molar-refractivity contribution in [2.45, 2.75) is 38.3 Å². The molecule has 1 aromatic heterocycles. The molecule has 5 nitrogen and oxygen atoms in total. The molecule has 0 aliphatic carbocycles. The van der Waals surface area contributed by atoms with Gasteiger partial charge in [-0.25, -0.2) is 4.98 Å². The largest absolute Gasteiger partial charge is 0.481 e. The van der Waals surface area contributed by atoms with Gasteiger partial charge in [0.25, 0.3) is 0 Å². The standard InChI is InChI=1S/C10H14N2O3/c13-8(5-10(14)15)7-6-12-4-2-1-3-9(12)11-7/h6,8,13H,1-5H2,(H,14,15). The van der Waals surface area contributed by atoms with Crippen LogP contribution < -0.4 is 0 Å². The summed E-state index contributed by atoms with van der Waals surface area (Å²) in [7, 11) is 0. The van der Waals surface area contributed by atoms with Crippen LogP contribution in [0.3, 0.4) is 0 Å². The molecular weight excluding hydrogens is 196 g/mol. The quantitative estimate of drug-likeness (QED) is 0.771. The summed E-state index contributed by atoms with van der Waals surface area (Å²) in [6.07, 6.45) is 3.65. The van der Waals surface area contributed by atoms with Crippen LogP contribution in [0.25, 0.3) is 0 Å². The number of nitrogens with zero attached hydrogens (tertiary/aromatic N) is 2. The Morgan fingerprint density at radius 2 is 2.40 bits per heavy atom. The van der Waals surface area contributed by atoms with Crippen LogP contribution in [-0.2, 0) is 17.8 Å². The van der Waals surface area contributed by atoms with E-state index < -0.39 is 12.1 Å². The Morgan fingerprint density at radius 1 is 1.60 bits per heavy atom. The summed E-state index contributed by atoms with van der Waals surface area (Å²) >= 11 is 0. The Balaban J connectivity index is 2.15. The molecule has 15 heavy (non-hydrogen) atoms. The van der Waals surface area contributed by atoms with Gasteiger partial charge in [0.1, 0.15) is 11.9 Å². The van der Waals surface area contributed by atoms with Gasteiger partial charge in [0.2, 0.25) is 0 Å². The number of fused-ring (bicyclic) bond motifs is 1. The number of carboxylic acids is 1. The summed E-state index contributed by atoms with van der Waals surface area (Å²) < 4.78 is 2.00. The Morgan fingerprint density at radius 3 is 3.07 bits per heavy atom. The zero-order valence-electron chi connectivity index (χ0n) is 8.39. The molecule has 0 amide bonds. The first-order valence-corrected chi connectivity index (χ1v) is 5.12. The fraction of sp³-hybridized carbons (Fsp3) is 0.600. The lowest BCUT2D eigenvalue weighted by molar-refractivity contribution is -0.139. The van der Waals surface area contributed by atoms with E-state index in [1.807, 2.05) is 4.57 Å². The summed E-state index contributed by atoms with van der Waals surface area (Å²) in [5.74, 6) is -0.0471. The Bertz CT molecular complexity index is 349. The second-order valence-electron chi connectivity index (χ2n) is 3.85. The third-order valence-electron chi connectivity index (χ3n) is 2.64. The zero-order chi connectivity index (χ0) is 10.8. The van der Waals surface area contributed by atoms with E-state index in [9.17, 15) is 9.90 Å². The highest BCUT2D eigenvalue weighted by Crippen LogP contribution is 2.20. The number of aromatic nitrogens is 2. The van der Waals surface area contributed by atoms with E-state index in [1.165, 1.54) is 0 Å². The summed E-state index contributed by atoms with van der Waals surface area (Å²) in [5.41, 5.74) is 0.481. The fourth-order valence-corrected chi connectivity index (χ4v) is 1.87. The van der Waals surface area contributed by atoms with E-state index >= 15 is 0 Å². The van der Waals surface area contributed by atoms with Crippen molar-refractivity contribution in [3.63, 3.8) is 0 Å². The van der Waals surface area contributed by atoms with Gasteiger partial charge in [-0.2, -0.15) is 0 Å². The van der Waals surface area contributed by atoms with E-state index in [4.69, 9.17) is 5.11 Å². The Hall–Kier alpha value is -1.36. The minimum atomic E-state index is -1.01. The van der Waals surface area contributed by atoms with Gasteiger partial charge < -0.3 is 14.8 Å². The molecule has 1 aliphatic heterocycles. The summed E-state index contributed by atoms with van der Waals surface area (Å²) in [5, 5.41) is 18.1. The van der Waals surface area contributed by atoms with Crippen LogP contribution in [0.2, 0.25) is 0 Å². The maximum Gasteiger partial charge on any atom is 0.306 e. The van der Waals surface area contributed by atoms with E-state index in [0.717, 1.165) is 31.6 Å². The molecule has 2 rings (SSSR count). The molecule has 1 aliphatic rings. The van der Waals surface area contributed by atoms with E-state index in [1.54, 1.807) is 6.20 Å². The first-order chi connectivity index (χ1) is 7.16. The van der Waals surface area contributed by atoms with Gasteiger partial charge in [0.15, 0.2) is 0 Å². The normalized spacial score (nSPS) is 17.1. The number of carbonyl (C=O) groups is 1. The van der Waals surface area contributed by atoms with Crippen LogP contribution in [0, 0.1) is 0 Å². The van der Waals surface area contributed by atoms with Crippen molar-refractivity contribution < 1.29 is 15.0 Å². The van der Waals surface area contributed by atoms with E-state index in [-0.39, 0.29) is 6.42 Å². The number of aliphatic carboxylic acids is 1. The number of aliphatic hydroxyl groups excluding tert-OH is 1. The van der Waals surface area contributed by atoms with Crippen LogP contribution in [0.1, 0.15) is 36.9 Å². The molecular formula is C10H14N2O3. The molecule has 0 radical (unpaired) electrons. The first-order valence-electron chi connectivity index (χ1n) is 5.12. The SMILES string of the molecule is O=C(O)CC(O)c1cn2c(n1)CCCC2. The molecule has 2 N–H and O–H groups in total. The maximum atomic E-state index is 10.4. The van der Waals surface area contributed by atoms with Crippen LogP contribution in [0.5, 0.6) is 0 Å². The second kappa shape index (κ2) is 4.02. The highest BCUT2D eigenvalue weighted by molar-refractivity contribution is 5.67. The molecule has 1 atom stereocenters. The van der Waals surface area contributed by atoms with Crippen molar-refractivity contribution in [2.75, 3.05) is 0 Å². The average molecular weight is 210 g/mol. The number of imidazole rings is 1. The predicted molar refractivity (Wildman–Crippen MR) is 52.4 cm³/mol. The molecule has 5 heteroatoms. The van der Waals surface area contributed by atoms with Gasteiger partial charge in [0, 0.05) is 19.2 Å². The number of aliphatic hydroxyl groups is 1. The van der Waals surface area contributed by atoms with Crippen LogP contribution >= 0.6 is 0 Å². The lowest BCUT2D eigenvalue weighted by Gasteiger charge is -2.11. The number of rotatable bonds is 3. The molecule has 0 aromatic carbocycles. The molecule has 0 fully saturated rings. The van der Waals surface area contributed by atoms with Crippen molar-refractivity contribution in [3.05, 3.63) is 17.7 Å². The maximum absolute atomic E-state index is 10.4. The number of hydrogen-bond acceptors (Lipinski definition) is 3. The van der Waals surface area contributed by atoms with Gasteiger partial charge >= 0.3 is 5.97 Å². The Labute approximate surface area is 87.4 Å². The lowest BCUT2D eigenvalue weighted by atomic mass is 10.2. The molecule has 0 bridgehead atoms. The summed E-state index contributed by atoms with van der Waals surface area (Å²) in [6, 6.07) is 0.